The molecule has 5 rings (SSSR count). The molecule has 0 N–H and O–H groups in total. The van der Waals surface area contributed by atoms with E-state index in [1.54, 1.807) is 32.1 Å². The highest BCUT2D eigenvalue weighted by molar-refractivity contribution is 5.22. The Hall–Kier alpha value is -0.260. The van der Waals surface area contributed by atoms with E-state index >= 15 is 0 Å². The second-order valence-corrected chi connectivity index (χ2v) is 6.93. The van der Waals surface area contributed by atoms with Gasteiger partial charge in [0.25, 0.3) is 0 Å². The van der Waals surface area contributed by atoms with Gasteiger partial charge in [0.1, 0.15) is 0 Å². The molecule has 5 aliphatic rings. The third-order valence-electron chi connectivity index (χ3n) is 6.80. The molecule has 0 spiro atoms. The smallest absolute Gasteiger partial charge is 0.0194 e. The third-order valence-corrected chi connectivity index (χ3v) is 6.80. The lowest BCUT2D eigenvalue weighted by Crippen LogP contribution is -2.31. The van der Waals surface area contributed by atoms with Gasteiger partial charge in [-0.25, -0.2) is 0 Å². The van der Waals surface area contributed by atoms with E-state index in [-0.39, 0.29) is 0 Å². The molecule has 0 heteroatoms. The van der Waals surface area contributed by atoms with Crippen molar-refractivity contribution in [2.75, 3.05) is 0 Å². The first-order chi connectivity index (χ1) is 7.43. The van der Waals surface area contributed by atoms with Crippen molar-refractivity contribution in [3.8, 4) is 0 Å². The van der Waals surface area contributed by atoms with Crippen LogP contribution in [0.2, 0.25) is 0 Å². The lowest BCUT2D eigenvalue weighted by molar-refractivity contribution is 0.129. The summed E-state index contributed by atoms with van der Waals surface area (Å²) in [4.78, 5) is 0. The minimum atomic E-state index is 1.02. The van der Waals surface area contributed by atoms with E-state index in [4.69, 9.17) is 0 Å². The molecule has 8 unspecified atom stereocenters. The van der Waals surface area contributed by atoms with Gasteiger partial charge in [-0.05, 0) is 66.6 Å². The first-order valence-corrected chi connectivity index (χ1v) is 7.12. The van der Waals surface area contributed by atoms with E-state index in [1.807, 2.05) is 0 Å². The van der Waals surface area contributed by atoms with Gasteiger partial charge >= 0.3 is 0 Å². The molecule has 4 fully saturated rings. The highest BCUT2D eigenvalue weighted by Crippen LogP contribution is 2.71. The van der Waals surface area contributed by atoms with Crippen LogP contribution in [0.5, 0.6) is 0 Å². The highest BCUT2D eigenvalue weighted by Gasteiger charge is 2.65. The minimum absolute atomic E-state index is 1.02. The van der Waals surface area contributed by atoms with Crippen LogP contribution in [0, 0.1) is 47.3 Å². The van der Waals surface area contributed by atoms with E-state index in [0.717, 1.165) is 23.7 Å². The maximum Gasteiger partial charge on any atom is -0.0194 e. The van der Waals surface area contributed by atoms with E-state index in [0.29, 0.717) is 0 Å². The van der Waals surface area contributed by atoms with Crippen LogP contribution in [0.25, 0.3) is 0 Å². The lowest BCUT2D eigenvalue weighted by Gasteiger charge is -2.37. The summed E-state index contributed by atoms with van der Waals surface area (Å²) in [5.41, 5.74) is 0. The van der Waals surface area contributed by atoms with Crippen molar-refractivity contribution in [2.24, 2.45) is 47.3 Å². The largest absolute Gasteiger partial charge is 0.0848 e. The number of allylic oxidation sites excluding steroid dienone is 2. The van der Waals surface area contributed by atoms with Gasteiger partial charge in [-0.1, -0.05) is 25.0 Å². The van der Waals surface area contributed by atoms with Crippen molar-refractivity contribution in [3.63, 3.8) is 0 Å². The zero-order valence-electron chi connectivity index (χ0n) is 9.31. The molecule has 0 aromatic rings. The molecule has 0 radical (unpaired) electrons. The fourth-order valence-corrected chi connectivity index (χ4v) is 6.73. The second kappa shape index (κ2) is 2.36. The van der Waals surface area contributed by atoms with Crippen LogP contribution < -0.4 is 0 Å². The zero-order chi connectivity index (χ0) is 9.57. The molecule has 6 bridgehead atoms. The first kappa shape index (κ1) is 7.92. The Kier molecular flexibility index (Phi) is 1.25. The van der Waals surface area contributed by atoms with Crippen LogP contribution in [-0.2, 0) is 0 Å². The topological polar surface area (TPSA) is 0 Å². The van der Waals surface area contributed by atoms with Crippen LogP contribution >= 0.6 is 0 Å². The van der Waals surface area contributed by atoms with Crippen molar-refractivity contribution in [1.82, 2.24) is 0 Å². The predicted molar refractivity (Wildman–Crippen MR) is 60.1 cm³/mol. The fourth-order valence-electron chi connectivity index (χ4n) is 6.73. The minimum Gasteiger partial charge on any atom is -0.0848 e. The van der Waals surface area contributed by atoms with Crippen molar-refractivity contribution in [1.29, 1.82) is 0 Å². The maximum absolute atomic E-state index is 2.59. The Balaban J connectivity index is 1.64. The van der Waals surface area contributed by atoms with Gasteiger partial charge in [0.2, 0.25) is 0 Å². The van der Waals surface area contributed by atoms with Crippen molar-refractivity contribution < 1.29 is 0 Å². The molecule has 0 aromatic carbocycles. The number of hydrogen-bond acceptors (Lipinski definition) is 0. The van der Waals surface area contributed by atoms with Gasteiger partial charge in [-0.3, -0.25) is 0 Å². The van der Waals surface area contributed by atoms with Gasteiger partial charge in [0.05, 0.1) is 0 Å². The molecule has 5 aliphatic carbocycles. The molecule has 4 saturated carbocycles. The fraction of sp³-hybridized carbons (Fsp3) is 0.867. The number of fused-ring (bicyclic) bond motifs is 6. The van der Waals surface area contributed by atoms with Crippen molar-refractivity contribution >= 4 is 0 Å². The SMILES string of the molecule is C1=CC2CC1C1C3CC4CCCC3C4C21. The lowest BCUT2D eigenvalue weighted by atomic mass is 9.67. The Morgan fingerprint density at radius 3 is 2.53 bits per heavy atom. The summed E-state index contributed by atoms with van der Waals surface area (Å²) in [6.45, 7) is 0. The monoisotopic (exact) mass is 200 g/mol. The molecule has 8 atom stereocenters. The van der Waals surface area contributed by atoms with Crippen LogP contribution in [0.15, 0.2) is 12.2 Å². The van der Waals surface area contributed by atoms with E-state index < -0.39 is 0 Å². The Morgan fingerprint density at radius 2 is 1.60 bits per heavy atom. The molecular formula is C15H20. The van der Waals surface area contributed by atoms with E-state index in [1.165, 1.54) is 23.7 Å². The summed E-state index contributed by atoms with van der Waals surface area (Å²) in [6, 6.07) is 0. The zero-order valence-corrected chi connectivity index (χ0v) is 9.31. The molecule has 0 aromatic heterocycles. The molecule has 0 heterocycles. The standard InChI is InChI=1S/C15H20/c1-2-8-7-12-11(3-1)13(8)15-10-5-4-9(6-10)14(12)15/h4-5,8-15H,1-3,6-7H2. The van der Waals surface area contributed by atoms with Gasteiger partial charge in [0, 0.05) is 0 Å². The van der Waals surface area contributed by atoms with Crippen LogP contribution in [0.3, 0.4) is 0 Å². The summed E-state index contributed by atoms with van der Waals surface area (Å²) < 4.78 is 0. The quantitative estimate of drug-likeness (QED) is 0.525. The molecular weight excluding hydrogens is 180 g/mol. The first-order valence-electron chi connectivity index (χ1n) is 7.12. The maximum atomic E-state index is 2.59. The predicted octanol–water partition coefficient (Wildman–Crippen LogP) is 3.49. The van der Waals surface area contributed by atoms with Gasteiger partial charge in [0.15, 0.2) is 0 Å². The highest BCUT2D eigenvalue weighted by atomic mass is 14.7. The number of rotatable bonds is 0. The molecule has 80 valence electrons. The van der Waals surface area contributed by atoms with E-state index in [9.17, 15) is 0 Å². The van der Waals surface area contributed by atoms with Crippen LogP contribution in [-0.4, -0.2) is 0 Å². The summed E-state index contributed by atoms with van der Waals surface area (Å²) in [6.07, 6.45) is 13.1. The Bertz CT molecular complexity index is 342. The molecule has 15 heavy (non-hydrogen) atoms. The normalized spacial score (nSPS) is 67.7. The molecule has 0 aliphatic heterocycles. The number of hydrogen-bond donors (Lipinski definition) is 0. The summed E-state index contributed by atoms with van der Waals surface area (Å²) in [5.74, 6) is 9.08. The average Bonchev–Trinajstić information content (AvgIpc) is 2.96. The van der Waals surface area contributed by atoms with Gasteiger partial charge in [-0.2, -0.15) is 0 Å². The van der Waals surface area contributed by atoms with Gasteiger partial charge < -0.3 is 0 Å². The Morgan fingerprint density at radius 1 is 0.733 bits per heavy atom. The van der Waals surface area contributed by atoms with E-state index in [2.05, 4.69) is 12.2 Å². The van der Waals surface area contributed by atoms with Gasteiger partial charge in [-0.15, -0.1) is 0 Å². The Labute approximate surface area is 92.1 Å². The third kappa shape index (κ3) is 0.736. The molecule has 0 nitrogen and oxygen atoms in total. The molecule has 0 saturated heterocycles. The summed E-state index contributed by atoms with van der Waals surface area (Å²) >= 11 is 0. The van der Waals surface area contributed by atoms with Crippen molar-refractivity contribution in [3.05, 3.63) is 12.2 Å². The van der Waals surface area contributed by atoms with Crippen molar-refractivity contribution in [2.45, 2.75) is 32.1 Å². The van der Waals surface area contributed by atoms with Crippen LogP contribution in [0.1, 0.15) is 32.1 Å². The van der Waals surface area contributed by atoms with Crippen LogP contribution in [0.4, 0.5) is 0 Å². The summed E-state index contributed by atoms with van der Waals surface area (Å²) in [7, 11) is 0. The molecule has 0 amide bonds. The summed E-state index contributed by atoms with van der Waals surface area (Å²) in [5, 5.41) is 0. The average molecular weight is 200 g/mol. The second-order valence-electron chi connectivity index (χ2n) is 6.93.